The summed E-state index contributed by atoms with van der Waals surface area (Å²) in [7, 11) is 0. The van der Waals surface area contributed by atoms with Crippen molar-refractivity contribution in [1.29, 1.82) is 0 Å². The van der Waals surface area contributed by atoms with Gasteiger partial charge in [-0.15, -0.1) is 11.3 Å². The van der Waals surface area contributed by atoms with Gasteiger partial charge in [-0.05, 0) is 106 Å². The van der Waals surface area contributed by atoms with Crippen molar-refractivity contribution in [2.24, 2.45) is 5.92 Å². The van der Waals surface area contributed by atoms with Gasteiger partial charge in [-0.3, -0.25) is 0 Å². The average molecular weight is 733 g/mol. The van der Waals surface area contributed by atoms with Gasteiger partial charge in [-0.25, -0.2) is 0 Å². The molecule has 56 heavy (non-hydrogen) atoms. The molecular weight excluding hydrogens is 697 g/mol. The van der Waals surface area contributed by atoms with Crippen LogP contribution in [-0.2, 0) is 6.42 Å². The van der Waals surface area contributed by atoms with Crippen LogP contribution >= 0.6 is 11.3 Å². The van der Waals surface area contributed by atoms with Crippen LogP contribution in [0.5, 0.6) is 0 Å². The molecule has 0 radical (unpaired) electrons. The molecule has 264 valence electrons. The van der Waals surface area contributed by atoms with Gasteiger partial charge in [0.15, 0.2) is 0 Å². The van der Waals surface area contributed by atoms with Crippen LogP contribution in [0.15, 0.2) is 176 Å². The number of allylic oxidation sites excluding steroid dienone is 1. The van der Waals surface area contributed by atoms with E-state index in [0.29, 0.717) is 5.92 Å². The third kappa shape index (κ3) is 4.74. The Hall–Kier alpha value is -6.68. The van der Waals surface area contributed by atoms with Gasteiger partial charge in [0.1, 0.15) is 0 Å². The summed E-state index contributed by atoms with van der Waals surface area (Å²) in [6.45, 7) is 2.32. The molecule has 1 aliphatic rings. The summed E-state index contributed by atoms with van der Waals surface area (Å²) in [6.07, 6.45) is 5.84. The number of hydrogen-bond acceptors (Lipinski definition) is 1. The van der Waals surface area contributed by atoms with Crippen molar-refractivity contribution < 1.29 is 0 Å². The SMILES string of the molecule is CC1C=Cc2c(sc3c2ccc2c4cc(-c5ccc6c(c5)c5ccccc5n6-c5ccc(-c6ccccc6)cc5)ccc4n(-c4ccc5ccccc5c4)c23)C1. The summed E-state index contributed by atoms with van der Waals surface area (Å²) in [5, 5.41) is 8.98. The lowest BCUT2D eigenvalue weighted by Gasteiger charge is -2.11. The molecule has 1 aliphatic carbocycles. The van der Waals surface area contributed by atoms with E-state index in [4.69, 9.17) is 0 Å². The molecule has 0 saturated carbocycles. The number of benzene rings is 8. The Balaban J connectivity index is 1.05. The molecule has 3 heterocycles. The molecule has 0 bridgehead atoms. The fourth-order valence-corrected chi connectivity index (χ4v) is 10.8. The molecule has 0 amide bonds. The van der Waals surface area contributed by atoms with Gasteiger partial charge < -0.3 is 9.13 Å². The van der Waals surface area contributed by atoms with E-state index < -0.39 is 0 Å². The Labute approximate surface area is 328 Å². The summed E-state index contributed by atoms with van der Waals surface area (Å²) in [4.78, 5) is 1.50. The maximum absolute atomic E-state index is 2.53. The minimum absolute atomic E-state index is 0.562. The first-order chi connectivity index (χ1) is 27.7. The number of fused-ring (bicyclic) bond motifs is 11. The third-order valence-electron chi connectivity index (χ3n) is 12.0. The highest BCUT2D eigenvalue weighted by Crippen LogP contribution is 2.45. The van der Waals surface area contributed by atoms with Crippen LogP contribution in [0.25, 0.3) is 104 Å². The molecule has 0 spiro atoms. The quantitative estimate of drug-likeness (QED) is 0.170. The van der Waals surface area contributed by atoms with Crippen molar-refractivity contribution >= 4 is 81.9 Å². The van der Waals surface area contributed by atoms with Crippen molar-refractivity contribution in [3.05, 3.63) is 186 Å². The Kier molecular flexibility index (Phi) is 6.87. The highest BCUT2D eigenvalue weighted by atomic mass is 32.1. The molecule has 0 fully saturated rings. The lowest BCUT2D eigenvalue weighted by atomic mass is 9.95. The van der Waals surface area contributed by atoms with Gasteiger partial charge in [0.2, 0.25) is 0 Å². The number of aromatic nitrogens is 2. The fourth-order valence-electron chi connectivity index (χ4n) is 9.30. The molecule has 11 aromatic rings. The van der Waals surface area contributed by atoms with Crippen LogP contribution in [0.4, 0.5) is 0 Å². The van der Waals surface area contributed by atoms with Crippen LogP contribution in [0.3, 0.4) is 0 Å². The van der Waals surface area contributed by atoms with Crippen LogP contribution in [0.1, 0.15) is 17.4 Å². The van der Waals surface area contributed by atoms with Gasteiger partial charge in [0, 0.05) is 43.2 Å². The highest BCUT2D eigenvalue weighted by Gasteiger charge is 2.22. The molecule has 3 heteroatoms. The van der Waals surface area contributed by atoms with E-state index in [2.05, 4.69) is 198 Å². The summed E-state index contributed by atoms with van der Waals surface area (Å²) in [6, 6.07) is 62.9. The molecule has 1 atom stereocenters. The molecule has 8 aromatic carbocycles. The molecule has 0 aliphatic heterocycles. The first-order valence-corrected chi connectivity index (χ1v) is 20.4. The minimum Gasteiger partial charge on any atom is -0.309 e. The maximum Gasteiger partial charge on any atom is 0.0719 e. The van der Waals surface area contributed by atoms with Crippen molar-refractivity contribution in [3.8, 4) is 33.6 Å². The van der Waals surface area contributed by atoms with Gasteiger partial charge in [0.25, 0.3) is 0 Å². The normalized spacial score (nSPS) is 14.2. The first-order valence-electron chi connectivity index (χ1n) is 19.6. The van der Waals surface area contributed by atoms with E-state index in [1.54, 1.807) is 0 Å². The smallest absolute Gasteiger partial charge is 0.0719 e. The monoisotopic (exact) mass is 732 g/mol. The van der Waals surface area contributed by atoms with Crippen molar-refractivity contribution in [2.75, 3.05) is 0 Å². The van der Waals surface area contributed by atoms with E-state index in [9.17, 15) is 0 Å². The van der Waals surface area contributed by atoms with Crippen LogP contribution < -0.4 is 0 Å². The molecule has 2 nitrogen and oxygen atoms in total. The Morgan fingerprint density at radius 2 is 1.09 bits per heavy atom. The zero-order chi connectivity index (χ0) is 36.9. The number of para-hydroxylation sites is 1. The van der Waals surface area contributed by atoms with Crippen LogP contribution in [0, 0.1) is 5.92 Å². The summed E-state index contributed by atoms with van der Waals surface area (Å²) >= 11 is 1.99. The molecule has 1 unspecified atom stereocenters. The molecule has 3 aromatic heterocycles. The van der Waals surface area contributed by atoms with Crippen molar-refractivity contribution in [2.45, 2.75) is 13.3 Å². The van der Waals surface area contributed by atoms with Gasteiger partial charge in [-0.2, -0.15) is 0 Å². The Morgan fingerprint density at radius 1 is 0.464 bits per heavy atom. The molecule has 0 N–H and O–H groups in total. The van der Waals surface area contributed by atoms with E-state index in [0.717, 1.165) is 12.1 Å². The minimum atomic E-state index is 0.562. The van der Waals surface area contributed by atoms with Crippen molar-refractivity contribution in [3.63, 3.8) is 0 Å². The second-order valence-corrected chi connectivity index (χ2v) is 16.5. The molecule has 12 rings (SSSR count). The third-order valence-corrected chi connectivity index (χ3v) is 13.3. The Morgan fingerprint density at radius 3 is 1.91 bits per heavy atom. The summed E-state index contributed by atoms with van der Waals surface area (Å²) < 4.78 is 6.31. The van der Waals surface area contributed by atoms with E-state index in [-0.39, 0.29) is 0 Å². The van der Waals surface area contributed by atoms with Crippen molar-refractivity contribution in [1.82, 2.24) is 9.13 Å². The second kappa shape index (κ2) is 12.2. The fraction of sp³-hybridized carbons (Fsp3) is 0.0566. The number of thiophene rings is 1. The maximum atomic E-state index is 2.53. The number of rotatable bonds is 4. The Bertz CT molecular complexity index is 3390. The van der Waals surface area contributed by atoms with Gasteiger partial charge in [0.05, 0.1) is 26.8 Å². The van der Waals surface area contributed by atoms with Gasteiger partial charge >= 0.3 is 0 Å². The predicted octanol–water partition coefficient (Wildman–Crippen LogP) is 14.8. The molecule has 0 saturated heterocycles. The lowest BCUT2D eigenvalue weighted by molar-refractivity contribution is 0.728. The average Bonchev–Trinajstić information content (AvgIpc) is 3.90. The van der Waals surface area contributed by atoms with E-state index in [1.807, 2.05) is 11.3 Å². The largest absolute Gasteiger partial charge is 0.309 e. The lowest BCUT2D eigenvalue weighted by Crippen LogP contribution is -1.99. The first kappa shape index (κ1) is 31.6. The highest BCUT2D eigenvalue weighted by molar-refractivity contribution is 7.20. The standard InChI is InChI=1S/C53H36N2S/c1-33-15-24-43-45-26-25-44-47-32-39(20-28-50(47)55(52(44)53(45)56-51(43)29-33)41-23-18-35-11-5-6-12-37(35)30-41)38-19-27-49-46(31-38)42-13-7-8-14-48(42)54(49)40-21-16-36(17-22-40)34-9-3-2-4-10-34/h2-28,30-33H,29H2,1H3. The van der Waals surface area contributed by atoms with E-state index in [1.165, 1.54) is 103 Å². The molecular formula is C53H36N2S. The second-order valence-electron chi connectivity index (χ2n) is 15.4. The zero-order valence-electron chi connectivity index (χ0n) is 30.9. The zero-order valence-corrected chi connectivity index (χ0v) is 31.7. The predicted molar refractivity (Wildman–Crippen MR) is 241 cm³/mol. The summed E-state index contributed by atoms with van der Waals surface area (Å²) in [5.41, 5.74) is 13.6. The van der Waals surface area contributed by atoms with E-state index >= 15 is 0 Å². The number of nitrogens with zero attached hydrogens (tertiary/aromatic N) is 2. The topological polar surface area (TPSA) is 9.86 Å². The summed E-state index contributed by atoms with van der Waals surface area (Å²) in [5.74, 6) is 0.562. The van der Waals surface area contributed by atoms with Gasteiger partial charge in [-0.1, -0.05) is 134 Å². The van der Waals surface area contributed by atoms with Crippen LogP contribution in [-0.4, -0.2) is 9.13 Å². The van der Waals surface area contributed by atoms with Crippen LogP contribution in [0.2, 0.25) is 0 Å². The number of hydrogen-bond donors (Lipinski definition) is 0.